The molecule has 26 heavy (non-hydrogen) atoms. The minimum atomic E-state index is -1.80. The summed E-state index contributed by atoms with van der Waals surface area (Å²) in [6.07, 6.45) is 7.56. The van der Waals surface area contributed by atoms with E-state index in [-0.39, 0.29) is 5.03 Å². The molecule has 0 spiro atoms. The first kappa shape index (κ1) is 19.4. The van der Waals surface area contributed by atoms with Gasteiger partial charge >= 0.3 is 81.5 Å². The molecule has 8 nitrogen and oxygen atoms in total. The van der Waals surface area contributed by atoms with Crippen molar-refractivity contribution in [2.75, 3.05) is 5.32 Å². The van der Waals surface area contributed by atoms with E-state index in [1.807, 2.05) is 0 Å². The Balaban J connectivity index is 0.000000170. The summed E-state index contributed by atoms with van der Waals surface area (Å²) < 4.78 is 24.4. The second kappa shape index (κ2) is 8.09. The Hall–Kier alpha value is -1.41. The number of halogens is 1. The molecule has 2 aromatic heterocycles. The number of carbonyl (C=O) groups excluding carboxylic acids is 1. The SMILES string of the molecule is NC(=O)Nc1c2c(nc3c1CCC3)CCC2.NS(=O)c1n[n]([Pb])cc1F. The maximum atomic E-state index is 12.5. The van der Waals surface area contributed by atoms with E-state index in [1.165, 1.54) is 31.2 Å². The van der Waals surface area contributed by atoms with Crippen LogP contribution in [0.2, 0.25) is 0 Å². The van der Waals surface area contributed by atoms with Crippen LogP contribution in [0.15, 0.2) is 11.2 Å². The van der Waals surface area contributed by atoms with Crippen LogP contribution in [-0.4, -0.2) is 48.9 Å². The predicted octanol–water partition coefficient (Wildman–Crippen LogP) is 0.485. The molecule has 3 radical (unpaired) electrons. The van der Waals surface area contributed by atoms with E-state index in [4.69, 9.17) is 15.9 Å². The predicted molar refractivity (Wildman–Crippen MR) is 95.4 cm³/mol. The molecule has 2 aliphatic carbocycles. The van der Waals surface area contributed by atoms with Crippen molar-refractivity contribution in [1.82, 2.24) is 12.6 Å². The Morgan fingerprint density at radius 2 is 1.81 bits per heavy atom. The molecule has 1 atom stereocenters. The number of anilines is 1. The van der Waals surface area contributed by atoms with Crippen molar-refractivity contribution in [3.63, 3.8) is 0 Å². The summed E-state index contributed by atoms with van der Waals surface area (Å²) in [6.45, 7) is 0. The van der Waals surface area contributed by atoms with E-state index in [0.29, 0.717) is 26.1 Å². The molecule has 0 aliphatic heterocycles. The summed E-state index contributed by atoms with van der Waals surface area (Å²) in [4.78, 5) is 15.8. The second-order valence-corrected chi connectivity index (χ2v) is 8.82. The van der Waals surface area contributed by atoms with Gasteiger partial charge in [0.25, 0.3) is 0 Å². The van der Waals surface area contributed by atoms with Gasteiger partial charge in [-0.3, -0.25) is 4.98 Å². The molecule has 2 amide bonds. The average molecular weight is 573 g/mol. The van der Waals surface area contributed by atoms with E-state index in [9.17, 15) is 13.4 Å². The number of nitrogens with two attached hydrogens (primary N) is 2. The van der Waals surface area contributed by atoms with E-state index in [1.54, 1.807) is 0 Å². The number of aromatic nitrogens is 3. The third kappa shape index (κ3) is 4.12. The van der Waals surface area contributed by atoms with Gasteiger partial charge in [0.15, 0.2) is 0 Å². The number of hydrogen-bond donors (Lipinski definition) is 3. The first-order chi connectivity index (χ1) is 12.4. The quantitative estimate of drug-likeness (QED) is 0.453. The second-order valence-electron chi connectivity index (χ2n) is 6.06. The number of aryl methyl sites for hydroxylation is 2. The van der Waals surface area contributed by atoms with Gasteiger partial charge < -0.3 is 11.1 Å². The first-order valence-corrected chi connectivity index (χ1v) is 11.0. The zero-order chi connectivity index (χ0) is 18.8. The average Bonchev–Trinajstić information content (AvgIpc) is 3.26. The molecule has 2 aromatic rings. The Labute approximate surface area is 168 Å². The van der Waals surface area contributed by atoms with Crippen molar-refractivity contribution in [2.24, 2.45) is 10.9 Å². The van der Waals surface area contributed by atoms with Crippen molar-refractivity contribution >= 4 is 48.8 Å². The van der Waals surface area contributed by atoms with Crippen molar-refractivity contribution in [1.29, 1.82) is 0 Å². The number of rotatable bonds is 2. The van der Waals surface area contributed by atoms with Gasteiger partial charge in [-0.25, -0.2) is 4.79 Å². The number of fused-ring (bicyclic) bond motifs is 2. The zero-order valence-corrected chi connectivity index (χ0v) is 18.6. The Bertz CT molecular complexity index is 855. The molecule has 2 aliphatic rings. The molecule has 137 valence electrons. The van der Waals surface area contributed by atoms with E-state index in [0.717, 1.165) is 44.2 Å². The fraction of sp³-hybridized carbons (Fsp3) is 0.400. The zero-order valence-electron chi connectivity index (χ0n) is 13.9. The van der Waals surface area contributed by atoms with Crippen LogP contribution >= 0.6 is 0 Å². The number of urea groups is 1. The summed E-state index contributed by atoms with van der Waals surface area (Å²) >= 11 is 0.565. The number of amides is 2. The van der Waals surface area contributed by atoms with E-state index >= 15 is 0 Å². The normalized spacial score (nSPS) is 15.7. The molecule has 0 saturated carbocycles. The third-order valence-electron chi connectivity index (χ3n) is 4.33. The van der Waals surface area contributed by atoms with Crippen LogP contribution in [0.3, 0.4) is 0 Å². The van der Waals surface area contributed by atoms with Crippen molar-refractivity contribution < 1.29 is 13.4 Å². The van der Waals surface area contributed by atoms with Crippen LogP contribution in [-0.2, 0) is 36.7 Å². The Kier molecular flexibility index (Phi) is 6.02. The van der Waals surface area contributed by atoms with Gasteiger partial charge in [-0.05, 0) is 49.7 Å². The third-order valence-corrected chi connectivity index (χ3v) is 5.88. The number of carbonyl (C=O) groups is 1. The molecule has 2 heterocycles. The van der Waals surface area contributed by atoms with Gasteiger partial charge in [-0.2, -0.15) is 0 Å². The molecular weight excluding hydrogens is 554 g/mol. The minimum absolute atomic E-state index is 0.171. The molecule has 0 aromatic carbocycles. The molecule has 1 unspecified atom stereocenters. The summed E-state index contributed by atoms with van der Waals surface area (Å²) in [5, 5.41) is 11.1. The number of primary amides is 1. The molecule has 11 heteroatoms. The molecule has 0 fully saturated rings. The molecule has 4 rings (SSSR count). The van der Waals surface area contributed by atoms with Crippen molar-refractivity contribution in [3.8, 4) is 0 Å². The number of nitrogens with one attached hydrogen (secondary N) is 1. The van der Waals surface area contributed by atoms with Crippen LogP contribution in [0.4, 0.5) is 14.9 Å². The van der Waals surface area contributed by atoms with Gasteiger partial charge in [0.05, 0.1) is 5.69 Å². The topological polar surface area (TPSA) is 129 Å². The van der Waals surface area contributed by atoms with Gasteiger partial charge in [0, 0.05) is 11.4 Å². The number of nitrogens with zero attached hydrogens (tertiary/aromatic N) is 3. The first-order valence-electron chi connectivity index (χ1n) is 8.09. The maximum absolute atomic E-state index is 12.5. The van der Waals surface area contributed by atoms with Gasteiger partial charge in [-0.1, -0.05) is 0 Å². The monoisotopic (exact) mass is 573 g/mol. The molecule has 0 saturated heterocycles. The summed E-state index contributed by atoms with van der Waals surface area (Å²) in [6, 6.07) is -0.464. The fourth-order valence-corrected chi connectivity index (χ4v) is 4.86. The number of hydrogen-bond acceptors (Lipinski definition) is 4. The Morgan fingerprint density at radius 3 is 2.19 bits per heavy atom. The van der Waals surface area contributed by atoms with Crippen LogP contribution in [0.5, 0.6) is 0 Å². The van der Waals surface area contributed by atoms with Crippen LogP contribution in [0.1, 0.15) is 35.4 Å². The summed E-state index contributed by atoms with van der Waals surface area (Å²) in [7, 11) is -1.80. The van der Waals surface area contributed by atoms with Crippen LogP contribution in [0.25, 0.3) is 0 Å². The molecule has 5 N–H and O–H groups in total. The van der Waals surface area contributed by atoms with Crippen LogP contribution in [0, 0.1) is 5.82 Å². The van der Waals surface area contributed by atoms with Gasteiger partial charge in [0.2, 0.25) is 0 Å². The summed E-state index contributed by atoms with van der Waals surface area (Å²) in [5.41, 5.74) is 11.0. The molecule has 0 bridgehead atoms. The van der Waals surface area contributed by atoms with Crippen molar-refractivity contribution in [2.45, 2.75) is 43.6 Å². The van der Waals surface area contributed by atoms with E-state index in [2.05, 4.69) is 10.4 Å². The number of pyridine rings is 1. The standard InChI is InChI=1S/C12H15N3O.C3H3FN3OS.Pb/c13-12(16)15-11-7-3-1-5-9(7)14-10-6-2-4-8(10)11;4-2-1-6-7-3(2)9(5)8;/h1-6H2,(H3,13,14,15,16);1H,5H2;/q;-1;+1. The summed E-state index contributed by atoms with van der Waals surface area (Å²) in [5.74, 6) is -0.601. The Morgan fingerprint density at radius 1 is 1.23 bits per heavy atom. The van der Waals surface area contributed by atoms with Gasteiger partial charge in [-0.15, -0.1) is 0 Å². The van der Waals surface area contributed by atoms with Crippen molar-refractivity contribution in [3.05, 3.63) is 34.5 Å². The van der Waals surface area contributed by atoms with Crippen LogP contribution < -0.4 is 16.2 Å². The fourth-order valence-electron chi connectivity index (χ4n) is 3.33. The van der Waals surface area contributed by atoms with Gasteiger partial charge in [0.1, 0.15) is 0 Å². The van der Waals surface area contributed by atoms with E-state index < -0.39 is 22.8 Å². The molecular formula is C15H18FN6O2PbS.